The van der Waals surface area contributed by atoms with E-state index in [2.05, 4.69) is 49.9 Å². The zero-order chi connectivity index (χ0) is 13.6. The van der Waals surface area contributed by atoms with Gasteiger partial charge < -0.3 is 11.1 Å². The molecule has 1 aliphatic carbocycles. The molecule has 0 amide bonds. The van der Waals surface area contributed by atoms with Gasteiger partial charge in [-0.2, -0.15) is 0 Å². The number of hydrogen-bond acceptors (Lipinski definition) is 4. The highest BCUT2D eigenvalue weighted by Gasteiger charge is 2.64. The molecule has 0 spiro atoms. The highest BCUT2D eigenvalue weighted by Crippen LogP contribution is 2.68. The number of aromatic nitrogens is 2. The number of nitrogens with two attached hydrogens (primary N) is 1. The molecule has 1 saturated carbocycles. The van der Waals surface area contributed by atoms with Gasteiger partial charge in [-0.3, -0.25) is 0 Å². The summed E-state index contributed by atoms with van der Waals surface area (Å²) in [5.41, 5.74) is 7.68. The third kappa shape index (κ3) is 1.84. The molecule has 1 fully saturated rings. The summed E-state index contributed by atoms with van der Waals surface area (Å²) in [5, 5.41) is 3.45. The van der Waals surface area contributed by atoms with Crippen molar-refractivity contribution < 1.29 is 0 Å². The van der Waals surface area contributed by atoms with Gasteiger partial charge in [0, 0.05) is 12.1 Å². The van der Waals surface area contributed by atoms with Gasteiger partial charge in [0.15, 0.2) is 0 Å². The van der Waals surface area contributed by atoms with Gasteiger partial charge in [-0.1, -0.05) is 34.6 Å². The van der Waals surface area contributed by atoms with Crippen molar-refractivity contribution in [1.82, 2.24) is 9.97 Å². The number of rotatable bonds is 4. The van der Waals surface area contributed by atoms with Crippen LogP contribution >= 0.6 is 0 Å². The summed E-state index contributed by atoms with van der Waals surface area (Å²) in [5.74, 6) is 2.15. The lowest BCUT2D eigenvalue weighted by molar-refractivity contribution is 0.457. The van der Waals surface area contributed by atoms with Crippen LogP contribution in [0, 0.1) is 16.7 Å². The average Bonchev–Trinajstić information content (AvgIpc) is 2.67. The Labute approximate surface area is 109 Å². The highest BCUT2D eigenvalue weighted by molar-refractivity contribution is 5.55. The summed E-state index contributed by atoms with van der Waals surface area (Å²) in [6.07, 6.45) is 2.38. The van der Waals surface area contributed by atoms with E-state index < -0.39 is 0 Å². The highest BCUT2D eigenvalue weighted by atomic mass is 15.0. The maximum atomic E-state index is 5.87. The van der Waals surface area contributed by atoms with Crippen LogP contribution in [0.1, 0.15) is 40.2 Å². The molecule has 1 aromatic rings. The Kier molecular flexibility index (Phi) is 2.99. The van der Waals surface area contributed by atoms with Gasteiger partial charge in [0.1, 0.15) is 18.0 Å². The van der Waals surface area contributed by atoms with Crippen LogP contribution in [0.3, 0.4) is 0 Å². The SMILES string of the molecule is CCc1c(N)ncnc1NCC1C(C)(C)C1(C)C. The Hall–Kier alpha value is -1.32. The summed E-state index contributed by atoms with van der Waals surface area (Å²) in [6, 6.07) is 0. The second-order valence-electron chi connectivity index (χ2n) is 6.32. The molecule has 0 atom stereocenters. The van der Waals surface area contributed by atoms with Crippen molar-refractivity contribution in [2.45, 2.75) is 41.0 Å². The summed E-state index contributed by atoms with van der Waals surface area (Å²) in [4.78, 5) is 8.34. The van der Waals surface area contributed by atoms with E-state index in [1.54, 1.807) is 0 Å². The van der Waals surface area contributed by atoms with Crippen molar-refractivity contribution >= 4 is 11.6 Å². The van der Waals surface area contributed by atoms with Crippen LogP contribution < -0.4 is 11.1 Å². The molecule has 3 N–H and O–H groups in total. The fourth-order valence-corrected chi connectivity index (χ4v) is 2.97. The number of nitrogens with zero attached hydrogens (tertiary/aromatic N) is 2. The van der Waals surface area contributed by atoms with Gasteiger partial charge >= 0.3 is 0 Å². The van der Waals surface area contributed by atoms with Gasteiger partial charge in [0.05, 0.1) is 0 Å². The predicted octanol–water partition coefficient (Wildman–Crippen LogP) is 2.72. The Balaban J connectivity index is 2.07. The Morgan fingerprint density at radius 1 is 1.22 bits per heavy atom. The minimum atomic E-state index is 0.394. The van der Waals surface area contributed by atoms with Crippen LogP contribution in [-0.2, 0) is 6.42 Å². The molecule has 1 aromatic heterocycles. The maximum Gasteiger partial charge on any atom is 0.134 e. The third-order valence-corrected chi connectivity index (χ3v) is 5.13. The Morgan fingerprint density at radius 2 is 1.83 bits per heavy atom. The molecule has 18 heavy (non-hydrogen) atoms. The molecular formula is C14H24N4. The monoisotopic (exact) mass is 248 g/mol. The summed E-state index contributed by atoms with van der Waals surface area (Å²) in [7, 11) is 0. The molecule has 0 radical (unpaired) electrons. The van der Waals surface area contributed by atoms with Crippen molar-refractivity contribution in [3.63, 3.8) is 0 Å². The molecule has 4 heteroatoms. The maximum absolute atomic E-state index is 5.87. The largest absolute Gasteiger partial charge is 0.383 e. The second-order valence-corrected chi connectivity index (χ2v) is 6.32. The first kappa shape index (κ1) is 13.1. The molecule has 4 nitrogen and oxygen atoms in total. The van der Waals surface area contributed by atoms with E-state index in [1.165, 1.54) is 6.33 Å². The van der Waals surface area contributed by atoms with Gasteiger partial charge in [0.25, 0.3) is 0 Å². The van der Waals surface area contributed by atoms with E-state index in [9.17, 15) is 0 Å². The smallest absolute Gasteiger partial charge is 0.134 e. The van der Waals surface area contributed by atoms with Crippen LogP contribution in [0.15, 0.2) is 6.33 Å². The second kappa shape index (κ2) is 4.11. The van der Waals surface area contributed by atoms with Crippen molar-refractivity contribution in [2.75, 3.05) is 17.6 Å². The molecule has 2 rings (SSSR count). The first-order valence-electron chi connectivity index (χ1n) is 6.65. The fourth-order valence-electron chi connectivity index (χ4n) is 2.97. The lowest BCUT2D eigenvalue weighted by atomic mass is 10.0. The first-order chi connectivity index (χ1) is 8.32. The average molecular weight is 248 g/mol. The quantitative estimate of drug-likeness (QED) is 0.860. The molecule has 0 aromatic carbocycles. The Morgan fingerprint density at radius 3 is 2.33 bits per heavy atom. The van der Waals surface area contributed by atoms with Crippen molar-refractivity contribution in [3.05, 3.63) is 11.9 Å². The van der Waals surface area contributed by atoms with Crippen LogP contribution in [0.2, 0.25) is 0 Å². The number of nitrogen functional groups attached to an aromatic ring is 1. The topological polar surface area (TPSA) is 63.8 Å². The lowest BCUT2D eigenvalue weighted by Gasteiger charge is -2.11. The van der Waals surface area contributed by atoms with Crippen LogP contribution in [-0.4, -0.2) is 16.5 Å². The van der Waals surface area contributed by atoms with Crippen LogP contribution in [0.25, 0.3) is 0 Å². The van der Waals surface area contributed by atoms with E-state index >= 15 is 0 Å². The molecular weight excluding hydrogens is 224 g/mol. The number of nitrogens with one attached hydrogen (secondary N) is 1. The molecule has 1 heterocycles. The van der Waals surface area contributed by atoms with E-state index in [1.807, 2.05) is 0 Å². The summed E-state index contributed by atoms with van der Waals surface area (Å²) >= 11 is 0. The van der Waals surface area contributed by atoms with Gasteiger partial charge in [-0.15, -0.1) is 0 Å². The molecule has 100 valence electrons. The van der Waals surface area contributed by atoms with Crippen molar-refractivity contribution in [3.8, 4) is 0 Å². The first-order valence-corrected chi connectivity index (χ1v) is 6.65. The minimum absolute atomic E-state index is 0.394. The molecule has 0 unspecified atom stereocenters. The van der Waals surface area contributed by atoms with Crippen molar-refractivity contribution in [1.29, 1.82) is 0 Å². The molecule has 0 saturated heterocycles. The fraction of sp³-hybridized carbons (Fsp3) is 0.714. The summed E-state index contributed by atoms with van der Waals surface area (Å²) in [6.45, 7) is 12.3. The molecule has 0 aliphatic heterocycles. The number of anilines is 2. The zero-order valence-electron chi connectivity index (χ0n) is 12.0. The van der Waals surface area contributed by atoms with Gasteiger partial charge in [-0.25, -0.2) is 9.97 Å². The van der Waals surface area contributed by atoms with Crippen LogP contribution in [0.5, 0.6) is 0 Å². The van der Waals surface area contributed by atoms with Gasteiger partial charge in [-0.05, 0) is 23.2 Å². The normalized spacial score (nSPS) is 20.7. The standard InChI is InChI=1S/C14H24N4/c1-6-9-11(15)17-8-18-12(9)16-7-10-13(2,3)14(10,4)5/h8,10H,6-7H2,1-5H3,(H3,15,16,17,18). The molecule has 0 bridgehead atoms. The lowest BCUT2D eigenvalue weighted by Crippen LogP contribution is -2.12. The predicted molar refractivity (Wildman–Crippen MR) is 75.4 cm³/mol. The Bertz CT molecular complexity index is 437. The summed E-state index contributed by atoms with van der Waals surface area (Å²) < 4.78 is 0. The van der Waals surface area contributed by atoms with E-state index in [0.29, 0.717) is 22.6 Å². The van der Waals surface area contributed by atoms with E-state index in [0.717, 1.165) is 24.3 Å². The van der Waals surface area contributed by atoms with Crippen molar-refractivity contribution in [2.24, 2.45) is 16.7 Å². The van der Waals surface area contributed by atoms with E-state index in [4.69, 9.17) is 5.73 Å². The van der Waals surface area contributed by atoms with Crippen LogP contribution in [0.4, 0.5) is 11.6 Å². The molecule has 1 aliphatic rings. The zero-order valence-corrected chi connectivity index (χ0v) is 12.0. The number of hydrogen-bond donors (Lipinski definition) is 2. The van der Waals surface area contributed by atoms with Gasteiger partial charge in [0.2, 0.25) is 0 Å². The van der Waals surface area contributed by atoms with E-state index in [-0.39, 0.29) is 0 Å². The third-order valence-electron chi connectivity index (χ3n) is 5.13. The minimum Gasteiger partial charge on any atom is -0.383 e.